The lowest BCUT2D eigenvalue weighted by Gasteiger charge is -2.25. The second-order valence-corrected chi connectivity index (χ2v) is 18.1. The Kier molecular flexibility index (Phi) is 43.4. The predicted octanol–water partition coefficient (Wildman–Crippen LogP) is 14.1. The number of carbonyl (C=O) groups is 3. The molecule has 2 unspecified atom stereocenters. The Morgan fingerprint density at radius 2 is 0.905 bits per heavy atom. The second-order valence-electron chi connectivity index (χ2n) is 18.1. The number of nitrogens with zero attached hydrogens (tertiary/aromatic N) is 1. The third-order valence-electron chi connectivity index (χ3n) is 10.8. The Morgan fingerprint density at radius 3 is 1.40 bits per heavy atom. The van der Waals surface area contributed by atoms with Crippen LogP contribution in [0.2, 0.25) is 0 Å². The smallest absolute Gasteiger partial charge is 0.361 e. The summed E-state index contributed by atoms with van der Waals surface area (Å²) in [6.07, 6.45) is 53.0. The van der Waals surface area contributed by atoms with Crippen molar-refractivity contribution < 1.29 is 42.9 Å². The van der Waals surface area contributed by atoms with Crippen LogP contribution >= 0.6 is 0 Å². The number of ether oxygens (including phenoxy) is 4. The molecule has 0 fully saturated rings. The minimum Gasteiger partial charge on any atom is -0.477 e. The molecule has 63 heavy (non-hydrogen) atoms. The number of carboxylic acids is 1. The molecule has 0 aromatic carbocycles. The summed E-state index contributed by atoms with van der Waals surface area (Å²) in [5, 5.41) is 9.66. The zero-order chi connectivity index (χ0) is 46.3. The van der Waals surface area contributed by atoms with Crippen LogP contribution in [-0.4, -0.2) is 87.4 Å². The van der Waals surface area contributed by atoms with Crippen molar-refractivity contribution in [3.63, 3.8) is 0 Å². The summed E-state index contributed by atoms with van der Waals surface area (Å²) in [4.78, 5) is 37.2. The molecule has 0 bridgehead atoms. The van der Waals surface area contributed by atoms with Crippen LogP contribution < -0.4 is 0 Å². The fourth-order valence-corrected chi connectivity index (χ4v) is 6.82. The van der Waals surface area contributed by atoms with Crippen molar-refractivity contribution in [2.24, 2.45) is 0 Å². The second kappa shape index (κ2) is 45.6. The first-order valence-electron chi connectivity index (χ1n) is 25.5. The minimum atomic E-state index is -1.52. The molecule has 0 rings (SSSR count). The molecule has 9 heteroatoms. The van der Waals surface area contributed by atoms with Gasteiger partial charge in [0.05, 0.1) is 34.4 Å². The lowest BCUT2D eigenvalue weighted by atomic mass is 10.0. The molecule has 0 saturated carbocycles. The lowest BCUT2D eigenvalue weighted by molar-refractivity contribution is -0.870. The number of aliphatic carboxylic acids is 1. The number of allylic oxidation sites excluding steroid dienone is 10. The van der Waals surface area contributed by atoms with Gasteiger partial charge in [-0.25, -0.2) is 4.79 Å². The van der Waals surface area contributed by atoms with Crippen molar-refractivity contribution in [2.45, 2.75) is 219 Å². The number of carbonyl (C=O) groups excluding carboxylic acids is 2. The fraction of sp³-hybridized carbons (Fsp3) is 0.759. The molecule has 0 aliphatic carbocycles. The Labute approximate surface area is 386 Å². The number of unbranched alkanes of at least 4 members (excludes halogenated alkanes) is 21. The first kappa shape index (κ1) is 60.0. The molecule has 0 aromatic rings. The summed E-state index contributed by atoms with van der Waals surface area (Å²) in [5.74, 6) is -2.07. The number of hydrogen-bond donors (Lipinski definition) is 1. The van der Waals surface area contributed by atoms with E-state index in [1.807, 2.05) is 21.1 Å². The van der Waals surface area contributed by atoms with Gasteiger partial charge >= 0.3 is 17.9 Å². The maximum atomic E-state index is 12.8. The fourth-order valence-electron chi connectivity index (χ4n) is 6.82. The molecule has 0 radical (unpaired) electrons. The van der Waals surface area contributed by atoms with E-state index in [4.69, 9.17) is 18.9 Å². The molecule has 1 N–H and O–H groups in total. The van der Waals surface area contributed by atoms with Crippen molar-refractivity contribution in [1.82, 2.24) is 0 Å². The van der Waals surface area contributed by atoms with Crippen molar-refractivity contribution >= 4 is 17.9 Å². The van der Waals surface area contributed by atoms with Gasteiger partial charge in [-0.05, 0) is 77.0 Å². The highest BCUT2D eigenvalue weighted by molar-refractivity contribution is 5.71. The zero-order valence-electron chi connectivity index (χ0n) is 41.2. The van der Waals surface area contributed by atoms with Crippen LogP contribution in [-0.2, 0) is 33.3 Å². The third-order valence-corrected chi connectivity index (χ3v) is 10.8. The highest BCUT2D eigenvalue weighted by atomic mass is 16.7. The van der Waals surface area contributed by atoms with E-state index < -0.39 is 24.3 Å². The average Bonchev–Trinajstić information content (AvgIpc) is 3.24. The summed E-state index contributed by atoms with van der Waals surface area (Å²) in [6.45, 7) is 4.71. The number of carboxylic acid groups (broad SMARTS) is 1. The summed E-state index contributed by atoms with van der Waals surface area (Å²) >= 11 is 0. The first-order valence-corrected chi connectivity index (χ1v) is 25.5. The van der Waals surface area contributed by atoms with Crippen LogP contribution in [0, 0.1) is 0 Å². The molecule has 0 heterocycles. The molecule has 364 valence electrons. The third kappa shape index (κ3) is 46.8. The van der Waals surface area contributed by atoms with Crippen LogP contribution in [0.15, 0.2) is 60.8 Å². The molecule has 0 amide bonds. The van der Waals surface area contributed by atoms with Gasteiger partial charge in [-0.2, -0.15) is 0 Å². The SMILES string of the molecule is CC/C=C\C/C=C\C/C=C\C/C=C\CCCCC(=O)OC(COC(=O)CCCCCCCCCCCCC/C=C\CCCCCCCCCC)COC(OCC[N+](C)(C)C)C(=O)O. The van der Waals surface area contributed by atoms with Crippen molar-refractivity contribution in [3.8, 4) is 0 Å². The first-order chi connectivity index (χ1) is 30.6. The van der Waals surface area contributed by atoms with E-state index in [0.717, 1.165) is 57.8 Å². The molecule has 9 nitrogen and oxygen atoms in total. The highest BCUT2D eigenvalue weighted by Crippen LogP contribution is 2.15. The molecule has 0 saturated heterocycles. The molecule has 0 aliphatic heterocycles. The van der Waals surface area contributed by atoms with Gasteiger partial charge in [-0.3, -0.25) is 9.59 Å². The Bertz CT molecular complexity index is 1220. The molecular formula is C54H96NO8+. The average molecular weight is 887 g/mol. The summed E-state index contributed by atoms with van der Waals surface area (Å²) in [5.41, 5.74) is 0. The van der Waals surface area contributed by atoms with Crippen LogP contribution in [0.1, 0.15) is 206 Å². The molecule has 2 atom stereocenters. The van der Waals surface area contributed by atoms with Gasteiger partial charge in [0.1, 0.15) is 13.2 Å². The van der Waals surface area contributed by atoms with Gasteiger partial charge < -0.3 is 28.5 Å². The Hall–Kier alpha value is -3.01. The van der Waals surface area contributed by atoms with Gasteiger partial charge in [0.15, 0.2) is 6.10 Å². The summed E-state index contributed by atoms with van der Waals surface area (Å²) in [7, 11) is 5.94. The topological polar surface area (TPSA) is 108 Å². The molecular weight excluding hydrogens is 791 g/mol. The van der Waals surface area contributed by atoms with Gasteiger partial charge in [-0.1, -0.05) is 177 Å². The normalized spacial score (nSPS) is 13.3. The predicted molar refractivity (Wildman–Crippen MR) is 263 cm³/mol. The van der Waals surface area contributed by atoms with E-state index >= 15 is 0 Å². The van der Waals surface area contributed by atoms with Crippen LogP contribution in [0.5, 0.6) is 0 Å². The Balaban J connectivity index is 4.34. The number of hydrogen-bond acceptors (Lipinski definition) is 7. The standard InChI is InChI=1S/C54H95NO8/c1-6-8-10-12-14-16-18-20-22-23-24-25-26-27-28-29-31-32-34-36-38-40-42-44-51(56)61-48-50(49-62-54(53(58)59)60-47-46-55(3,4)5)63-52(57)45-43-41-39-37-35-33-30-21-19-17-15-13-11-9-7-2/h9,11,15,17,21,23-24,30,35,37,50,54H,6-8,10,12-14,16,18-20,22,25-29,31-34,36,38-49H2,1-5H3/p+1/b11-9-,17-15-,24-23-,30-21-,37-35-. The van der Waals surface area contributed by atoms with Gasteiger partial charge in [-0.15, -0.1) is 0 Å². The van der Waals surface area contributed by atoms with E-state index in [1.165, 1.54) is 116 Å². The zero-order valence-corrected chi connectivity index (χ0v) is 41.2. The van der Waals surface area contributed by atoms with E-state index in [2.05, 4.69) is 74.6 Å². The summed E-state index contributed by atoms with van der Waals surface area (Å²) < 4.78 is 22.7. The highest BCUT2D eigenvalue weighted by Gasteiger charge is 2.25. The van der Waals surface area contributed by atoms with Crippen molar-refractivity contribution in [1.29, 1.82) is 0 Å². The number of likely N-dealkylation sites (N-methyl/N-ethyl adjacent to an activating group) is 1. The van der Waals surface area contributed by atoms with Gasteiger partial charge in [0.25, 0.3) is 6.29 Å². The molecule has 0 aromatic heterocycles. The monoisotopic (exact) mass is 887 g/mol. The summed E-state index contributed by atoms with van der Waals surface area (Å²) in [6, 6.07) is 0. The van der Waals surface area contributed by atoms with E-state index in [9.17, 15) is 19.5 Å². The number of esters is 2. The maximum Gasteiger partial charge on any atom is 0.361 e. The van der Waals surface area contributed by atoms with Crippen molar-refractivity contribution in [3.05, 3.63) is 60.8 Å². The van der Waals surface area contributed by atoms with Crippen LogP contribution in [0.3, 0.4) is 0 Å². The van der Waals surface area contributed by atoms with Crippen LogP contribution in [0.4, 0.5) is 0 Å². The van der Waals surface area contributed by atoms with Crippen LogP contribution in [0.25, 0.3) is 0 Å². The minimum absolute atomic E-state index is 0.178. The molecule has 0 aliphatic rings. The largest absolute Gasteiger partial charge is 0.477 e. The molecule has 0 spiro atoms. The Morgan fingerprint density at radius 1 is 0.492 bits per heavy atom. The van der Waals surface area contributed by atoms with E-state index in [0.29, 0.717) is 23.9 Å². The number of rotatable bonds is 46. The van der Waals surface area contributed by atoms with E-state index in [-0.39, 0.29) is 32.2 Å². The van der Waals surface area contributed by atoms with Gasteiger partial charge in [0.2, 0.25) is 0 Å². The number of quaternary nitrogens is 1. The quantitative estimate of drug-likeness (QED) is 0.0212. The maximum absolute atomic E-state index is 12.8. The lowest BCUT2D eigenvalue weighted by Crippen LogP contribution is -2.40. The van der Waals surface area contributed by atoms with Crippen molar-refractivity contribution in [2.75, 3.05) is 47.5 Å². The van der Waals surface area contributed by atoms with E-state index in [1.54, 1.807) is 0 Å². The van der Waals surface area contributed by atoms with Gasteiger partial charge in [0, 0.05) is 12.8 Å².